The topological polar surface area (TPSA) is 60.7 Å². The molecule has 3 rings (SSSR count). The number of carbonyl (C=O) groups is 1. The smallest absolute Gasteiger partial charge is 0.256 e. The minimum absolute atomic E-state index is 0.121. The third-order valence-electron chi connectivity index (χ3n) is 4.62. The summed E-state index contributed by atoms with van der Waals surface area (Å²) in [5, 5.41) is 3.03. The highest BCUT2D eigenvalue weighted by molar-refractivity contribution is 5.98. The van der Waals surface area contributed by atoms with Crippen molar-refractivity contribution in [2.75, 3.05) is 25.6 Å². The molecule has 5 heteroatoms. The van der Waals surface area contributed by atoms with E-state index >= 15 is 0 Å². The molecular formula is C19H23NO4. The van der Waals surface area contributed by atoms with Crippen molar-refractivity contribution in [3.05, 3.63) is 41.7 Å². The molecule has 1 N–H and O–H groups in total. The molecule has 1 aliphatic rings. The average Bonchev–Trinajstić information content (AvgIpc) is 3.03. The van der Waals surface area contributed by atoms with Gasteiger partial charge < -0.3 is 19.2 Å². The highest BCUT2D eigenvalue weighted by atomic mass is 16.5. The molecule has 0 bridgehead atoms. The lowest BCUT2D eigenvalue weighted by Gasteiger charge is -2.34. The number of methoxy groups -OCH3 is 1. The van der Waals surface area contributed by atoms with E-state index in [1.165, 1.54) is 0 Å². The first-order chi connectivity index (χ1) is 11.5. The molecule has 2 heterocycles. The van der Waals surface area contributed by atoms with Gasteiger partial charge in [-0.2, -0.15) is 0 Å². The van der Waals surface area contributed by atoms with E-state index in [1.807, 2.05) is 44.2 Å². The van der Waals surface area contributed by atoms with E-state index in [0.717, 1.165) is 28.3 Å². The van der Waals surface area contributed by atoms with Crippen molar-refractivity contribution in [2.45, 2.75) is 32.3 Å². The van der Waals surface area contributed by atoms with Crippen LogP contribution < -0.4 is 5.32 Å². The molecule has 1 amide bonds. The fourth-order valence-corrected chi connectivity index (χ4v) is 2.96. The van der Waals surface area contributed by atoms with Crippen LogP contribution >= 0.6 is 0 Å². The molecular weight excluding hydrogens is 306 g/mol. The Labute approximate surface area is 141 Å². The van der Waals surface area contributed by atoms with E-state index in [4.69, 9.17) is 13.9 Å². The van der Waals surface area contributed by atoms with E-state index in [2.05, 4.69) is 5.32 Å². The summed E-state index contributed by atoms with van der Waals surface area (Å²) in [4.78, 5) is 12.8. The number of amides is 1. The number of hydrogen-bond acceptors (Lipinski definition) is 4. The number of anilines is 1. The molecule has 0 aliphatic carbocycles. The Bertz CT molecular complexity index is 729. The number of ether oxygens (including phenoxy) is 2. The number of furan rings is 1. The van der Waals surface area contributed by atoms with Crippen molar-refractivity contribution in [1.82, 2.24) is 0 Å². The van der Waals surface area contributed by atoms with E-state index in [0.29, 0.717) is 26.1 Å². The summed E-state index contributed by atoms with van der Waals surface area (Å²) in [6, 6.07) is 9.76. The largest absolute Gasteiger partial charge is 0.461 e. The monoisotopic (exact) mass is 329 g/mol. The van der Waals surface area contributed by atoms with Crippen LogP contribution in [0.25, 0.3) is 11.3 Å². The summed E-state index contributed by atoms with van der Waals surface area (Å²) in [5.74, 6) is 1.52. The lowest BCUT2D eigenvalue weighted by molar-refractivity contribution is -0.149. The van der Waals surface area contributed by atoms with Gasteiger partial charge in [0.25, 0.3) is 5.91 Å². The average molecular weight is 329 g/mol. The molecule has 0 radical (unpaired) electrons. The highest BCUT2D eigenvalue weighted by Crippen LogP contribution is 2.30. The maximum atomic E-state index is 12.8. The van der Waals surface area contributed by atoms with Crippen LogP contribution in [0.2, 0.25) is 0 Å². The third-order valence-corrected chi connectivity index (χ3v) is 4.62. The summed E-state index contributed by atoms with van der Waals surface area (Å²) >= 11 is 0. The first-order valence-corrected chi connectivity index (χ1v) is 8.16. The van der Waals surface area contributed by atoms with Gasteiger partial charge in [-0.3, -0.25) is 4.79 Å². The molecule has 1 aliphatic heterocycles. The maximum absolute atomic E-state index is 12.8. The Morgan fingerprint density at radius 2 is 1.92 bits per heavy atom. The Balaban J connectivity index is 1.85. The molecule has 24 heavy (non-hydrogen) atoms. The summed E-state index contributed by atoms with van der Waals surface area (Å²) in [7, 11) is 1.58. The first kappa shape index (κ1) is 16.7. The van der Waals surface area contributed by atoms with Crippen LogP contribution in [0, 0.1) is 13.8 Å². The number of rotatable bonds is 4. The van der Waals surface area contributed by atoms with E-state index in [-0.39, 0.29) is 5.91 Å². The summed E-state index contributed by atoms with van der Waals surface area (Å²) in [6.45, 7) is 4.95. The van der Waals surface area contributed by atoms with Crippen molar-refractivity contribution >= 4 is 11.6 Å². The fourth-order valence-electron chi connectivity index (χ4n) is 2.96. The van der Waals surface area contributed by atoms with Gasteiger partial charge in [0, 0.05) is 44.4 Å². The summed E-state index contributed by atoms with van der Waals surface area (Å²) in [6.07, 6.45) is 1.12. The van der Waals surface area contributed by atoms with Crippen molar-refractivity contribution in [1.29, 1.82) is 0 Å². The number of carbonyl (C=O) groups excluding carboxylic acids is 1. The lowest BCUT2D eigenvalue weighted by atomic mass is 9.92. The molecule has 0 unspecified atom stereocenters. The SMILES string of the molecule is COC1(C(=O)Nc2cc(-c3ccc(C)o3)ccc2C)CCOCC1. The van der Waals surface area contributed by atoms with E-state index in [1.54, 1.807) is 7.11 Å². The predicted octanol–water partition coefficient (Wildman–Crippen LogP) is 3.70. The Kier molecular flexibility index (Phi) is 4.73. The lowest BCUT2D eigenvalue weighted by Crippen LogP contribution is -2.48. The number of benzene rings is 1. The molecule has 1 aromatic heterocycles. The normalized spacial score (nSPS) is 16.8. The van der Waals surface area contributed by atoms with Gasteiger partial charge in [-0.15, -0.1) is 0 Å². The third kappa shape index (κ3) is 3.23. The van der Waals surface area contributed by atoms with Gasteiger partial charge in [0.15, 0.2) is 5.60 Å². The van der Waals surface area contributed by atoms with Crippen LogP contribution in [0.4, 0.5) is 5.69 Å². The molecule has 0 saturated carbocycles. The molecule has 5 nitrogen and oxygen atoms in total. The zero-order chi connectivity index (χ0) is 17.2. The second-order valence-electron chi connectivity index (χ2n) is 6.20. The molecule has 1 aromatic carbocycles. The molecule has 2 aromatic rings. The molecule has 1 fully saturated rings. The predicted molar refractivity (Wildman–Crippen MR) is 92.0 cm³/mol. The zero-order valence-corrected chi connectivity index (χ0v) is 14.3. The standard InChI is InChI=1S/C19H23NO4/c1-13-4-6-15(17-7-5-14(2)24-17)12-16(13)20-18(21)19(22-3)8-10-23-11-9-19/h4-7,12H,8-11H2,1-3H3,(H,20,21). The Morgan fingerprint density at radius 1 is 1.17 bits per heavy atom. The minimum Gasteiger partial charge on any atom is -0.461 e. The van der Waals surface area contributed by atoms with Gasteiger partial charge in [-0.1, -0.05) is 12.1 Å². The van der Waals surface area contributed by atoms with Gasteiger partial charge in [0.05, 0.1) is 0 Å². The zero-order valence-electron chi connectivity index (χ0n) is 14.3. The Morgan fingerprint density at radius 3 is 2.54 bits per heavy atom. The van der Waals surface area contributed by atoms with Gasteiger partial charge in [-0.25, -0.2) is 0 Å². The van der Waals surface area contributed by atoms with Crippen molar-refractivity contribution in [3.8, 4) is 11.3 Å². The van der Waals surface area contributed by atoms with Crippen molar-refractivity contribution < 1.29 is 18.7 Å². The van der Waals surface area contributed by atoms with Crippen molar-refractivity contribution in [2.24, 2.45) is 0 Å². The maximum Gasteiger partial charge on any atom is 0.256 e. The Hall–Kier alpha value is -2.11. The number of aryl methyl sites for hydroxylation is 2. The van der Waals surface area contributed by atoms with Crippen LogP contribution in [-0.2, 0) is 14.3 Å². The minimum atomic E-state index is -0.817. The van der Waals surface area contributed by atoms with Crippen molar-refractivity contribution in [3.63, 3.8) is 0 Å². The molecule has 1 saturated heterocycles. The first-order valence-electron chi connectivity index (χ1n) is 8.16. The van der Waals surface area contributed by atoms with Crippen LogP contribution in [0.15, 0.2) is 34.7 Å². The summed E-state index contributed by atoms with van der Waals surface area (Å²) in [5.41, 5.74) is 1.88. The van der Waals surface area contributed by atoms with Gasteiger partial charge >= 0.3 is 0 Å². The van der Waals surface area contributed by atoms with Crippen LogP contribution in [0.3, 0.4) is 0 Å². The molecule has 128 valence electrons. The number of hydrogen-bond donors (Lipinski definition) is 1. The second kappa shape index (κ2) is 6.79. The quantitative estimate of drug-likeness (QED) is 0.929. The highest BCUT2D eigenvalue weighted by Gasteiger charge is 2.40. The molecule has 0 spiro atoms. The molecule has 0 atom stereocenters. The van der Waals surface area contributed by atoms with Crippen LogP contribution in [-0.4, -0.2) is 31.8 Å². The van der Waals surface area contributed by atoms with Gasteiger partial charge in [0.2, 0.25) is 0 Å². The van der Waals surface area contributed by atoms with Gasteiger partial charge in [-0.05, 0) is 37.6 Å². The van der Waals surface area contributed by atoms with Gasteiger partial charge in [0.1, 0.15) is 11.5 Å². The second-order valence-corrected chi connectivity index (χ2v) is 6.20. The number of nitrogens with one attached hydrogen (secondary N) is 1. The van der Waals surface area contributed by atoms with Crippen LogP contribution in [0.1, 0.15) is 24.2 Å². The fraction of sp³-hybridized carbons (Fsp3) is 0.421. The van der Waals surface area contributed by atoms with Crippen LogP contribution in [0.5, 0.6) is 0 Å². The summed E-state index contributed by atoms with van der Waals surface area (Å²) < 4.78 is 16.6. The van der Waals surface area contributed by atoms with E-state index < -0.39 is 5.60 Å². The van der Waals surface area contributed by atoms with E-state index in [9.17, 15) is 4.79 Å².